The molecule has 0 unspecified atom stereocenters. The Balaban J connectivity index is 1.53. The molecule has 0 bridgehead atoms. The summed E-state index contributed by atoms with van der Waals surface area (Å²) >= 11 is 0. The number of ether oxygens (including phenoxy) is 1. The van der Waals surface area contributed by atoms with Gasteiger partial charge in [0.05, 0.1) is 5.69 Å². The number of nitrogens with one attached hydrogen (secondary N) is 1. The fourth-order valence-corrected chi connectivity index (χ4v) is 2.69. The largest absolute Gasteiger partial charge is 0.486 e. The fraction of sp³-hybridized carbons (Fsp3) is 0.471. The molecule has 0 saturated heterocycles. The highest BCUT2D eigenvalue weighted by molar-refractivity contribution is 5.38. The molecule has 1 aliphatic rings. The second-order valence-electron chi connectivity index (χ2n) is 5.53. The molecule has 0 amide bonds. The standard InChI is InChI=1S/C17H22N2O2/c1-2-8-18-11-15-10-17(21-19-15)12-20-16-7-6-13-4-3-5-14(13)9-16/h6-7,9-10,18H,2-5,8,11-12H2,1H3. The van der Waals surface area contributed by atoms with Crippen LogP contribution >= 0.6 is 0 Å². The summed E-state index contributed by atoms with van der Waals surface area (Å²) in [6.45, 7) is 4.31. The van der Waals surface area contributed by atoms with Gasteiger partial charge in [0.25, 0.3) is 0 Å². The zero-order valence-electron chi connectivity index (χ0n) is 12.5. The minimum Gasteiger partial charge on any atom is -0.486 e. The summed E-state index contributed by atoms with van der Waals surface area (Å²) < 4.78 is 11.1. The molecule has 4 nitrogen and oxygen atoms in total. The van der Waals surface area contributed by atoms with Gasteiger partial charge in [0.15, 0.2) is 5.76 Å². The lowest BCUT2D eigenvalue weighted by Gasteiger charge is -2.06. The summed E-state index contributed by atoms with van der Waals surface area (Å²) in [6.07, 6.45) is 4.75. The number of hydrogen-bond donors (Lipinski definition) is 1. The first-order valence-corrected chi connectivity index (χ1v) is 7.75. The van der Waals surface area contributed by atoms with Gasteiger partial charge in [0.2, 0.25) is 0 Å². The van der Waals surface area contributed by atoms with Crippen molar-refractivity contribution in [3.8, 4) is 5.75 Å². The molecule has 2 aromatic rings. The van der Waals surface area contributed by atoms with E-state index in [1.807, 2.05) is 12.1 Å². The average Bonchev–Trinajstić information content (AvgIpc) is 3.13. The third kappa shape index (κ3) is 3.64. The highest BCUT2D eigenvalue weighted by Crippen LogP contribution is 2.26. The highest BCUT2D eigenvalue weighted by Gasteiger charge is 2.11. The van der Waals surface area contributed by atoms with Crippen LogP contribution < -0.4 is 10.1 Å². The quantitative estimate of drug-likeness (QED) is 0.794. The molecular weight excluding hydrogens is 264 g/mol. The van der Waals surface area contributed by atoms with Crippen molar-refractivity contribution in [2.24, 2.45) is 0 Å². The monoisotopic (exact) mass is 286 g/mol. The van der Waals surface area contributed by atoms with Gasteiger partial charge in [-0.15, -0.1) is 0 Å². The molecule has 0 aliphatic heterocycles. The van der Waals surface area contributed by atoms with Crippen molar-refractivity contribution in [1.82, 2.24) is 10.5 Å². The number of fused-ring (bicyclic) bond motifs is 1. The highest BCUT2D eigenvalue weighted by atomic mass is 16.5. The SMILES string of the molecule is CCCNCc1cc(COc2ccc3c(c2)CCC3)on1. The molecule has 0 fully saturated rings. The first kappa shape index (κ1) is 14.1. The number of hydrogen-bond acceptors (Lipinski definition) is 4. The van der Waals surface area contributed by atoms with E-state index in [4.69, 9.17) is 9.26 Å². The van der Waals surface area contributed by atoms with E-state index in [0.717, 1.165) is 36.7 Å². The Kier molecular flexibility index (Phi) is 4.55. The van der Waals surface area contributed by atoms with Crippen molar-refractivity contribution in [3.05, 3.63) is 46.8 Å². The summed E-state index contributed by atoms with van der Waals surface area (Å²) in [5, 5.41) is 7.34. The van der Waals surface area contributed by atoms with E-state index in [1.54, 1.807) is 0 Å². The lowest BCUT2D eigenvalue weighted by molar-refractivity contribution is 0.248. The molecule has 4 heteroatoms. The molecule has 1 aliphatic carbocycles. The van der Waals surface area contributed by atoms with Crippen molar-refractivity contribution in [2.45, 2.75) is 45.8 Å². The Morgan fingerprint density at radius 3 is 3.05 bits per heavy atom. The van der Waals surface area contributed by atoms with Gasteiger partial charge in [0, 0.05) is 12.6 Å². The molecule has 1 N–H and O–H groups in total. The lowest BCUT2D eigenvalue weighted by atomic mass is 10.1. The van der Waals surface area contributed by atoms with Gasteiger partial charge in [-0.05, 0) is 55.5 Å². The summed E-state index contributed by atoms with van der Waals surface area (Å²) in [6, 6.07) is 8.33. The van der Waals surface area contributed by atoms with Crippen LogP contribution in [0.3, 0.4) is 0 Å². The first-order chi connectivity index (χ1) is 10.3. The number of aromatic nitrogens is 1. The molecule has 0 spiro atoms. The number of nitrogens with zero attached hydrogens (tertiary/aromatic N) is 1. The Bertz CT molecular complexity index is 592. The maximum absolute atomic E-state index is 5.80. The molecule has 3 rings (SSSR count). The molecule has 1 aromatic carbocycles. The number of aryl methyl sites for hydroxylation is 2. The maximum atomic E-state index is 5.80. The molecule has 112 valence electrons. The second kappa shape index (κ2) is 6.76. The van der Waals surface area contributed by atoms with E-state index in [2.05, 4.69) is 29.5 Å². The number of benzene rings is 1. The summed E-state index contributed by atoms with van der Waals surface area (Å²) in [4.78, 5) is 0. The Hall–Kier alpha value is -1.81. The topological polar surface area (TPSA) is 47.3 Å². The van der Waals surface area contributed by atoms with Gasteiger partial charge in [-0.1, -0.05) is 18.1 Å². The Morgan fingerprint density at radius 1 is 1.24 bits per heavy atom. The van der Waals surface area contributed by atoms with Gasteiger partial charge in [-0.2, -0.15) is 0 Å². The number of rotatable bonds is 7. The summed E-state index contributed by atoms with van der Waals surface area (Å²) in [7, 11) is 0. The van der Waals surface area contributed by atoms with Crippen molar-refractivity contribution in [3.63, 3.8) is 0 Å². The zero-order chi connectivity index (χ0) is 14.5. The maximum Gasteiger partial charge on any atom is 0.174 e. The molecular formula is C17H22N2O2. The molecule has 0 saturated carbocycles. The fourth-order valence-electron chi connectivity index (χ4n) is 2.69. The van der Waals surface area contributed by atoms with Gasteiger partial charge in [0.1, 0.15) is 12.4 Å². The van der Waals surface area contributed by atoms with Crippen LogP contribution in [0.15, 0.2) is 28.8 Å². The summed E-state index contributed by atoms with van der Waals surface area (Å²) in [5.74, 6) is 1.68. The van der Waals surface area contributed by atoms with Crippen molar-refractivity contribution in [1.29, 1.82) is 0 Å². The first-order valence-electron chi connectivity index (χ1n) is 7.75. The van der Waals surface area contributed by atoms with E-state index in [1.165, 1.54) is 30.4 Å². The van der Waals surface area contributed by atoms with Crippen LogP contribution in [0.1, 0.15) is 42.3 Å². The van der Waals surface area contributed by atoms with E-state index in [9.17, 15) is 0 Å². The third-order valence-corrected chi connectivity index (χ3v) is 3.79. The van der Waals surface area contributed by atoms with Gasteiger partial charge < -0.3 is 14.6 Å². The molecule has 0 atom stereocenters. The smallest absolute Gasteiger partial charge is 0.174 e. The van der Waals surface area contributed by atoms with Crippen LogP contribution in [0.5, 0.6) is 5.75 Å². The minimum atomic E-state index is 0.430. The van der Waals surface area contributed by atoms with Crippen molar-refractivity contribution in [2.75, 3.05) is 6.54 Å². The summed E-state index contributed by atoms with van der Waals surface area (Å²) in [5.41, 5.74) is 3.82. The van der Waals surface area contributed by atoms with E-state index < -0.39 is 0 Å². The van der Waals surface area contributed by atoms with Crippen LogP contribution in [0.2, 0.25) is 0 Å². The zero-order valence-corrected chi connectivity index (χ0v) is 12.5. The van der Waals surface area contributed by atoms with Crippen LogP contribution in [-0.2, 0) is 26.0 Å². The van der Waals surface area contributed by atoms with Crippen LogP contribution in [0, 0.1) is 0 Å². The lowest BCUT2D eigenvalue weighted by Crippen LogP contribution is -2.13. The average molecular weight is 286 g/mol. The van der Waals surface area contributed by atoms with Crippen molar-refractivity contribution < 1.29 is 9.26 Å². The second-order valence-corrected chi connectivity index (χ2v) is 5.53. The normalized spacial score (nSPS) is 13.4. The molecule has 1 aromatic heterocycles. The van der Waals surface area contributed by atoms with E-state index >= 15 is 0 Å². The van der Waals surface area contributed by atoms with Crippen molar-refractivity contribution >= 4 is 0 Å². The molecule has 1 heterocycles. The van der Waals surface area contributed by atoms with Crippen LogP contribution in [0.25, 0.3) is 0 Å². The predicted molar refractivity (Wildman–Crippen MR) is 81.3 cm³/mol. The van der Waals surface area contributed by atoms with E-state index in [0.29, 0.717) is 6.61 Å². The van der Waals surface area contributed by atoms with E-state index in [-0.39, 0.29) is 0 Å². The van der Waals surface area contributed by atoms with Gasteiger partial charge in [-0.25, -0.2) is 0 Å². The molecule has 21 heavy (non-hydrogen) atoms. The van der Waals surface area contributed by atoms with Crippen LogP contribution in [-0.4, -0.2) is 11.7 Å². The Morgan fingerprint density at radius 2 is 2.14 bits per heavy atom. The Labute approximate surface area is 125 Å². The van der Waals surface area contributed by atoms with Gasteiger partial charge >= 0.3 is 0 Å². The van der Waals surface area contributed by atoms with Crippen LogP contribution in [0.4, 0.5) is 0 Å². The third-order valence-electron chi connectivity index (χ3n) is 3.79. The molecule has 0 radical (unpaired) electrons. The van der Waals surface area contributed by atoms with Gasteiger partial charge in [-0.3, -0.25) is 0 Å². The minimum absolute atomic E-state index is 0.430. The predicted octanol–water partition coefficient (Wildman–Crippen LogP) is 3.24.